The molecule has 1 N–H and O–H groups in total. The Labute approximate surface area is 99.9 Å². The van der Waals surface area contributed by atoms with Gasteiger partial charge >= 0.3 is 5.97 Å². The average molecular weight is 246 g/mol. The Hall–Kier alpha value is -1.16. The zero-order valence-corrected chi connectivity index (χ0v) is 10.5. The van der Waals surface area contributed by atoms with E-state index < -0.39 is 5.97 Å². The molecule has 16 heavy (non-hydrogen) atoms. The Kier molecular flexibility index (Phi) is 4.68. The molecule has 0 aliphatic heterocycles. The lowest BCUT2D eigenvalue weighted by Crippen LogP contribution is -2.06. The molecule has 0 radical (unpaired) electrons. The van der Waals surface area contributed by atoms with Crippen LogP contribution in [0.15, 0.2) is 0 Å². The summed E-state index contributed by atoms with van der Waals surface area (Å²) in [5.74, 6) is 0.683. The van der Waals surface area contributed by atoms with Crippen LogP contribution in [-0.4, -0.2) is 30.5 Å². The van der Waals surface area contributed by atoms with Gasteiger partial charge in [-0.3, -0.25) is 0 Å². The van der Waals surface area contributed by atoms with Gasteiger partial charge in [0, 0.05) is 17.1 Å². The standard InChI is InChI=1S/C11H16ClNO3/c1-7-8(2)13-9(11(14)15-3)10(7)16-6-4-5-12/h13H,4-6H2,1-3H3. The number of alkyl halides is 1. The second-order valence-corrected chi connectivity index (χ2v) is 3.84. The molecule has 0 saturated heterocycles. The maximum atomic E-state index is 11.5. The van der Waals surface area contributed by atoms with Gasteiger partial charge in [0.25, 0.3) is 0 Å². The zero-order valence-electron chi connectivity index (χ0n) is 9.72. The van der Waals surface area contributed by atoms with Gasteiger partial charge in [0.2, 0.25) is 0 Å². The van der Waals surface area contributed by atoms with Crippen molar-refractivity contribution < 1.29 is 14.3 Å². The molecule has 1 heterocycles. The van der Waals surface area contributed by atoms with Crippen LogP contribution >= 0.6 is 11.6 Å². The van der Waals surface area contributed by atoms with Crippen molar-refractivity contribution in [2.75, 3.05) is 19.6 Å². The van der Waals surface area contributed by atoms with Crippen molar-refractivity contribution in [3.05, 3.63) is 17.0 Å². The molecular weight excluding hydrogens is 230 g/mol. The van der Waals surface area contributed by atoms with E-state index in [1.54, 1.807) is 0 Å². The lowest BCUT2D eigenvalue weighted by molar-refractivity contribution is 0.0590. The zero-order chi connectivity index (χ0) is 12.1. The Morgan fingerprint density at radius 2 is 2.12 bits per heavy atom. The summed E-state index contributed by atoms with van der Waals surface area (Å²) >= 11 is 5.56. The molecule has 0 aromatic carbocycles. The minimum atomic E-state index is -0.419. The van der Waals surface area contributed by atoms with Crippen molar-refractivity contribution in [2.45, 2.75) is 20.3 Å². The number of methoxy groups -OCH3 is 1. The van der Waals surface area contributed by atoms with Crippen molar-refractivity contribution >= 4 is 17.6 Å². The van der Waals surface area contributed by atoms with E-state index in [9.17, 15) is 4.79 Å². The molecule has 0 aliphatic carbocycles. The van der Waals surface area contributed by atoms with E-state index in [0.717, 1.165) is 17.7 Å². The summed E-state index contributed by atoms with van der Waals surface area (Å²) in [5, 5.41) is 0. The van der Waals surface area contributed by atoms with E-state index >= 15 is 0 Å². The maximum Gasteiger partial charge on any atom is 0.358 e. The number of aryl methyl sites for hydroxylation is 1. The number of rotatable bonds is 5. The number of hydrogen-bond donors (Lipinski definition) is 1. The Balaban J connectivity index is 2.90. The number of esters is 1. The summed E-state index contributed by atoms with van der Waals surface area (Å²) in [4.78, 5) is 14.4. The smallest absolute Gasteiger partial charge is 0.358 e. The van der Waals surface area contributed by atoms with Crippen LogP contribution in [0.2, 0.25) is 0 Å². The molecule has 0 aliphatic rings. The normalized spacial score (nSPS) is 10.2. The predicted octanol–water partition coefficient (Wildman–Crippen LogP) is 2.43. The summed E-state index contributed by atoms with van der Waals surface area (Å²) in [6.07, 6.45) is 0.742. The highest BCUT2D eigenvalue weighted by Crippen LogP contribution is 2.27. The highest BCUT2D eigenvalue weighted by atomic mass is 35.5. The largest absolute Gasteiger partial charge is 0.491 e. The van der Waals surface area contributed by atoms with Gasteiger partial charge < -0.3 is 14.5 Å². The number of halogens is 1. The molecule has 4 nitrogen and oxygen atoms in total. The van der Waals surface area contributed by atoms with E-state index in [0.29, 0.717) is 23.9 Å². The van der Waals surface area contributed by atoms with Crippen molar-refractivity contribution in [2.24, 2.45) is 0 Å². The Morgan fingerprint density at radius 1 is 1.44 bits per heavy atom. The third kappa shape index (κ3) is 2.70. The molecule has 0 fully saturated rings. The van der Waals surface area contributed by atoms with Gasteiger partial charge in [-0.15, -0.1) is 11.6 Å². The summed E-state index contributed by atoms with van der Waals surface area (Å²) in [5.41, 5.74) is 2.20. The molecule has 0 saturated carbocycles. The Morgan fingerprint density at radius 3 is 2.69 bits per heavy atom. The quantitative estimate of drug-likeness (QED) is 0.492. The third-order valence-corrected chi connectivity index (χ3v) is 2.62. The lowest BCUT2D eigenvalue weighted by Gasteiger charge is -2.06. The molecule has 1 rings (SSSR count). The molecule has 0 unspecified atom stereocenters. The van der Waals surface area contributed by atoms with Gasteiger partial charge in [-0.25, -0.2) is 4.79 Å². The fraction of sp³-hybridized carbons (Fsp3) is 0.545. The van der Waals surface area contributed by atoms with E-state index in [2.05, 4.69) is 9.72 Å². The number of H-pyrrole nitrogens is 1. The van der Waals surface area contributed by atoms with E-state index in [-0.39, 0.29) is 0 Å². The lowest BCUT2D eigenvalue weighted by atomic mass is 10.2. The fourth-order valence-corrected chi connectivity index (χ4v) is 1.46. The monoisotopic (exact) mass is 245 g/mol. The molecule has 0 amide bonds. The highest BCUT2D eigenvalue weighted by Gasteiger charge is 2.19. The SMILES string of the molecule is COC(=O)c1[nH]c(C)c(C)c1OCCCCl. The number of carbonyl (C=O) groups is 1. The number of aromatic nitrogens is 1. The topological polar surface area (TPSA) is 51.3 Å². The van der Waals surface area contributed by atoms with Crippen LogP contribution in [0.1, 0.15) is 28.2 Å². The minimum absolute atomic E-state index is 0.368. The highest BCUT2D eigenvalue weighted by molar-refractivity contribution is 6.17. The van der Waals surface area contributed by atoms with Crippen LogP contribution in [0.3, 0.4) is 0 Å². The Bertz CT molecular complexity index is 374. The first-order chi connectivity index (χ1) is 7.61. The van der Waals surface area contributed by atoms with Crippen molar-refractivity contribution in [3.8, 4) is 5.75 Å². The third-order valence-electron chi connectivity index (χ3n) is 2.36. The first-order valence-electron chi connectivity index (χ1n) is 5.08. The van der Waals surface area contributed by atoms with Gasteiger partial charge in [0.05, 0.1) is 13.7 Å². The molecule has 0 atom stereocenters. The van der Waals surface area contributed by atoms with E-state index in [1.165, 1.54) is 7.11 Å². The van der Waals surface area contributed by atoms with Crippen molar-refractivity contribution in [1.82, 2.24) is 4.98 Å². The van der Waals surface area contributed by atoms with Gasteiger partial charge in [0.1, 0.15) is 0 Å². The van der Waals surface area contributed by atoms with Gasteiger partial charge in [-0.1, -0.05) is 0 Å². The first kappa shape index (κ1) is 12.9. The van der Waals surface area contributed by atoms with E-state index in [4.69, 9.17) is 16.3 Å². The molecule has 1 aromatic rings. The van der Waals surface area contributed by atoms with Crippen LogP contribution in [0, 0.1) is 13.8 Å². The molecule has 5 heteroatoms. The number of carbonyl (C=O) groups excluding carboxylic acids is 1. The number of ether oxygens (including phenoxy) is 2. The molecule has 90 valence electrons. The van der Waals surface area contributed by atoms with Gasteiger partial charge in [-0.05, 0) is 20.3 Å². The first-order valence-corrected chi connectivity index (χ1v) is 5.61. The van der Waals surface area contributed by atoms with Crippen LogP contribution in [0.5, 0.6) is 5.75 Å². The van der Waals surface area contributed by atoms with Crippen LogP contribution < -0.4 is 4.74 Å². The van der Waals surface area contributed by atoms with Crippen molar-refractivity contribution in [3.63, 3.8) is 0 Å². The fourth-order valence-electron chi connectivity index (χ4n) is 1.35. The molecule has 0 spiro atoms. The number of nitrogens with one attached hydrogen (secondary N) is 1. The van der Waals surface area contributed by atoms with Gasteiger partial charge in [-0.2, -0.15) is 0 Å². The van der Waals surface area contributed by atoms with Gasteiger partial charge in [0.15, 0.2) is 11.4 Å². The van der Waals surface area contributed by atoms with Crippen LogP contribution in [-0.2, 0) is 4.74 Å². The van der Waals surface area contributed by atoms with Crippen LogP contribution in [0.4, 0.5) is 0 Å². The minimum Gasteiger partial charge on any atom is -0.491 e. The second-order valence-electron chi connectivity index (χ2n) is 3.46. The summed E-state index contributed by atoms with van der Waals surface area (Å²) in [6.45, 7) is 4.27. The van der Waals surface area contributed by atoms with E-state index in [1.807, 2.05) is 13.8 Å². The average Bonchev–Trinajstić information content (AvgIpc) is 2.56. The predicted molar refractivity (Wildman–Crippen MR) is 62.4 cm³/mol. The second kappa shape index (κ2) is 5.80. The maximum absolute atomic E-state index is 11.5. The number of hydrogen-bond acceptors (Lipinski definition) is 3. The van der Waals surface area contributed by atoms with Crippen LogP contribution in [0.25, 0.3) is 0 Å². The summed E-state index contributed by atoms with van der Waals surface area (Å²) in [7, 11) is 1.34. The molecule has 1 aromatic heterocycles. The summed E-state index contributed by atoms with van der Waals surface area (Å²) in [6, 6.07) is 0. The van der Waals surface area contributed by atoms with Crippen molar-refractivity contribution in [1.29, 1.82) is 0 Å². The molecular formula is C11H16ClNO3. The molecule has 0 bridgehead atoms. The number of aromatic amines is 1. The summed E-state index contributed by atoms with van der Waals surface area (Å²) < 4.78 is 10.2.